The number of benzene rings is 1. The van der Waals surface area contributed by atoms with Crippen molar-refractivity contribution in [1.82, 2.24) is 0 Å². The zero-order chi connectivity index (χ0) is 13.2. The summed E-state index contributed by atoms with van der Waals surface area (Å²) < 4.78 is 10.3. The molecule has 4 nitrogen and oxygen atoms in total. The average Bonchev–Trinajstić information content (AvgIpc) is 2.39. The van der Waals surface area contributed by atoms with Crippen molar-refractivity contribution < 1.29 is 19.4 Å². The Balaban J connectivity index is 2.00. The second-order valence-electron chi connectivity index (χ2n) is 3.77. The van der Waals surface area contributed by atoms with Crippen LogP contribution < -0.4 is 4.74 Å². The predicted molar refractivity (Wildman–Crippen MR) is 68.6 cm³/mol. The van der Waals surface area contributed by atoms with Crippen molar-refractivity contribution >= 4 is 5.97 Å². The lowest BCUT2D eigenvalue weighted by molar-refractivity contribution is -0.137. The smallest absolute Gasteiger partial charge is 0.330 e. The topological polar surface area (TPSA) is 55.8 Å². The average molecular weight is 250 g/mol. The summed E-state index contributed by atoms with van der Waals surface area (Å²) in [4.78, 5) is 10.7. The molecule has 0 radical (unpaired) electrons. The Morgan fingerprint density at radius 3 is 2.50 bits per heavy atom. The number of phenols is 1. The maximum Gasteiger partial charge on any atom is 0.330 e. The molecule has 1 N–H and O–H groups in total. The van der Waals surface area contributed by atoms with Gasteiger partial charge in [0.2, 0.25) is 0 Å². The molecule has 1 rings (SSSR count). The summed E-state index contributed by atoms with van der Waals surface area (Å²) in [7, 11) is 0. The number of hydrogen-bond acceptors (Lipinski definition) is 4. The van der Waals surface area contributed by atoms with Crippen molar-refractivity contribution in [3.8, 4) is 11.5 Å². The molecule has 0 fully saturated rings. The van der Waals surface area contributed by atoms with E-state index in [1.54, 1.807) is 24.3 Å². The van der Waals surface area contributed by atoms with Crippen LogP contribution in [0.25, 0.3) is 0 Å². The lowest BCUT2D eigenvalue weighted by Crippen LogP contribution is -2.03. The van der Waals surface area contributed by atoms with E-state index in [1.165, 1.54) is 0 Å². The number of ether oxygens (including phenoxy) is 2. The molecule has 1 aromatic carbocycles. The monoisotopic (exact) mass is 250 g/mol. The van der Waals surface area contributed by atoms with E-state index in [-0.39, 0.29) is 11.7 Å². The number of carbonyl (C=O) groups excluding carboxylic acids is 1. The summed E-state index contributed by atoms with van der Waals surface area (Å²) in [6.45, 7) is 4.35. The number of unbranched alkanes of at least 4 members (excludes halogenated alkanes) is 2. The number of esters is 1. The van der Waals surface area contributed by atoms with Crippen LogP contribution in [0.3, 0.4) is 0 Å². The molecule has 0 amide bonds. The van der Waals surface area contributed by atoms with E-state index in [1.807, 2.05) is 0 Å². The SMILES string of the molecule is C=CC(=O)OCCCCCOc1ccc(O)cc1. The summed E-state index contributed by atoms with van der Waals surface area (Å²) in [5, 5.41) is 9.09. The zero-order valence-electron chi connectivity index (χ0n) is 10.3. The maximum atomic E-state index is 10.7. The zero-order valence-corrected chi connectivity index (χ0v) is 10.3. The standard InChI is InChI=1S/C14H18O4/c1-2-14(16)18-11-5-3-4-10-17-13-8-6-12(15)7-9-13/h2,6-9,15H,1,3-5,10-11H2. The van der Waals surface area contributed by atoms with Crippen LogP contribution in [0.4, 0.5) is 0 Å². The molecular weight excluding hydrogens is 232 g/mol. The van der Waals surface area contributed by atoms with Crippen LogP contribution in [0.15, 0.2) is 36.9 Å². The summed E-state index contributed by atoms with van der Waals surface area (Å²) in [5.74, 6) is 0.590. The van der Waals surface area contributed by atoms with Crippen LogP contribution in [0.2, 0.25) is 0 Å². The van der Waals surface area contributed by atoms with Crippen LogP contribution in [0.5, 0.6) is 11.5 Å². The highest BCUT2D eigenvalue weighted by Gasteiger charge is 1.96. The molecule has 0 bridgehead atoms. The van der Waals surface area contributed by atoms with Gasteiger partial charge in [-0.3, -0.25) is 0 Å². The van der Waals surface area contributed by atoms with Crippen LogP contribution in [0, 0.1) is 0 Å². The van der Waals surface area contributed by atoms with Gasteiger partial charge in [-0.15, -0.1) is 0 Å². The molecule has 0 saturated carbocycles. The highest BCUT2D eigenvalue weighted by atomic mass is 16.5. The largest absolute Gasteiger partial charge is 0.508 e. The van der Waals surface area contributed by atoms with E-state index in [2.05, 4.69) is 6.58 Å². The Morgan fingerprint density at radius 1 is 1.17 bits per heavy atom. The van der Waals surface area contributed by atoms with E-state index in [0.29, 0.717) is 13.2 Å². The minimum Gasteiger partial charge on any atom is -0.508 e. The van der Waals surface area contributed by atoms with Gasteiger partial charge in [-0.1, -0.05) is 6.58 Å². The van der Waals surface area contributed by atoms with Gasteiger partial charge in [0.15, 0.2) is 0 Å². The van der Waals surface area contributed by atoms with Crippen LogP contribution in [-0.2, 0) is 9.53 Å². The second-order valence-corrected chi connectivity index (χ2v) is 3.77. The molecular formula is C14H18O4. The molecule has 4 heteroatoms. The Morgan fingerprint density at radius 2 is 1.83 bits per heavy atom. The molecule has 0 unspecified atom stereocenters. The van der Waals surface area contributed by atoms with Crippen LogP contribution in [0.1, 0.15) is 19.3 Å². The molecule has 18 heavy (non-hydrogen) atoms. The Kier molecular flexibility index (Phi) is 6.40. The Labute approximate surface area is 107 Å². The third-order valence-corrected chi connectivity index (χ3v) is 2.31. The van der Waals surface area contributed by atoms with E-state index < -0.39 is 0 Å². The fourth-order valence-electron chi connectivity index (χ4n) is 1.34. The van der Waals surface area contributed by atoms with Crippen molar-refractivity contribution in [2.75, 3.05) is 13.2 Å². The van der Waals surface area contributed by atoms with Crippen molar-refractivity contribution in [3.63, 3.8) is 0 Å². The predicted octanol–water partition coefficient (Wildman–Crippen LogP) is 2.67. The molecule has 0 saturated heterocycles. The van der Waals surface area contributed by atoms with Crippen molar-refractivity contribution in [2.45, 2.75) is 19.3 Å². The number of carbonyl (C=O) groups is 1. The van der Waals surface area contributed by atoms with E-state index in [4.69, 9.17) is 14.6 Å². The Bertz CT molecular complexity index is 370. The first-order valence-corrected chi connectivity index (χ1v) is 5.93. The summed E-state index contributed by atoms with van der Waals surface area (Å²) in [6, 6.07) is 6.62. The van der Waals surface area contributed by atoms with E-state index in [0.717, 1.165) is 31.1 Å². The quantitative estimate of drug-likeness (QED) is 0.438. The molecule has 0 aliphatic heterocycles. The highest BCUT2D eigenvalue weighted by molar-refractivity contribution is 5.81. The second kappa shape index (κ2) is 8.17. The fourth-order valence-corrected chi connectivity index (χ4v) is 1.34. The Hall–Kier alpha value is -1.97. The minimum absolute atomic E-state index is 0.228. The molecule has 0 aliphatic rings. The van der Waals surface area contributed by atoms with Gasteiger partial charge in [0.05, 0.1) is 13.2 Å². The van der Waals surface area contributed by atoms with Crippen molar-refractivity contribution in [3.05, 3.63) is 36.9 Å². The van der Waals surface area contributed by atoms with E-state index >= 15 is 0 Å². The summed E-state index contributed by atoms with van der Waals surface area (Å²) in [5.41, 5.74) is 0. The molecule has 98 valence electrons. The van der Waals surface area contributed by atoms with Gasteiger partial charge in [-0.2, -0.15) is 0 Å². The first kappa shape index (κ1) is 14.1. The fraction of sp³-hybridized carbons (Fsp3) is 0.357. The number of hydrogen-bond donors (Lipinski definition) is 1. The van der Waals surface area contributed by atoms with E-state index in [9.17, 15) is 4.79 Å². The maximum absolute atomic E-state index is 10.7. The van der Waals surface area contributed by atoms with Crippen LogP contribution >= 0.6 is 0 Å². The molecule has 0 spiro atoms. The van der Waals surface area contributed by atoms with Gasteiger partial charge in [0.25, 0.3) is 0 Å². The third kappa shape index (κ3) is 5.94. The molecule has 0 aromatic heterocycles. The number of aromatic hydroxyl groups is 1. The van der Waals surface area contributed by atoms with Gasteiger partial charge in [0.1, 0.15) is 11.5 Å². The number of phenolic OH excluding ortho intramolecular Hbond substituents is 1. The van der Waals surface area contributed by atoms with Crippen LogP contribution in [-0.4, -0.2) is 24.3 Å². The van der Waals surface area contributed by atoms with Crippen molar-refractivity contribution in [2.24, 2.45) is 0 Å². The first-order valence-electron chi connectivity index (χ1n) is 5.93. The molecule has 0 heterocycles. The molecule has 1 aromatic rings. The third-order valence-electron chi connectivity index (χ3n) is 2.31. The van der Waals surface area contributed by atoms with Gasteiger partial charge < -0.3 is 14.6 Å². The lowest BCUT2D eigenvalue weighted by Gasteiger charge is -2.06. The molecule has 0 atom stereocenters. The molecule has 0 aliphatic carbocycles. The summed E-state index contributed by atoms with van der Waals surface area (Å²) in [6.07, 6.45) is 3.81. The van der Waals surface area contributed by atoms with Gasteiger partial charge in [-0.25, -0.2) is 4.79 Å². The van der Waals surface area contributed by atoms with Gasteiger partial charge in [-0.05, 0) is 43.5 Å². The normalized spacial score (nSPS) is 9.78. The highest BCUT2D eigenvalue weighted by Crippen LogP contribution is 2.16. The first-order chi connectivity index (χ1) is 8.72. The number of rotatable bonds is 8. The lowest BCUT2D eigenvalue weighted by atomic mass is 10.2. The summed E-state index contributed by atoms with van der Waals surface area (Å²) >= 11 is 0. The van der Waals surface area contributed by atoms with Gasteiger partial charge >= 0.3 is 5.97 Å². The van der Waals surface area contributed by atoms with Crippen molar-refractivity contribution in [1.29, 1.82) is 0 Å². The van der Waals surface area contributed by atoms with Gasteiger partial charge in [0, 0.05) is 6.08 Å². The minimum atomic E-state index is -0.379.